The Bertz CT molecular complexity index is 804. The highest BCUT2D eigenvalue weighted by atomic mass is 28.2. The summed E-state index contributed by atoms with van der Waals surface area (Å²) >= 11 is 0. The summed E-state index contributed by atoms with van der Waals surface area (Å²) in [6, 6.07) is 17.4. The molecule has 0 amide bonds. The van der Waals surface area contributed by atoms with Gasteiger partial charge in [0.2, 0.25) is 0 Å². The van der Waals surface area contributed by atoms with Crippen LogP contribution in [0.25, 0.3) is 11.1 Å². The lowest BCUT2D eigenvalue weighted by Crippen LogP contribution is -2.30. The summed E-state index contributed by atoms with van der Waals surface area (Å²) in [5, 5.41) is 0. The normalized spacial score (nSPS) is 27.2. The zero-order valence-electron chi connectivity index (χ0n) is 18.8. The maximum atomic E-state index is 13.6. The standard InChI is InChI=1S/C28H37FSi/c1-3-5-20-6-8-24(9-7-20)28-19-30-17-16-27(28)23-12-10-22(11-13-23)26-15-14-25(29)18-21(26)4-2/h10-15,18,20,24,27-28H,3-9,16-17,19H2,1-2H3/t20?,24?,27-,28-/m0/s1. The molecule has 2 aliphatic rings. The van der Waals surface area contributed by atoms with Crippen molar-refractivity contribution < 1.29 is 4.39 Å². The Hall–Kier alpha value is -1.41. The maximum absolute atomic E-state index is 13.6. The molecule has 2 aromatic carbocycles. The Labute approximate surface area is 185 Å². The molecule has 1 saturated heterocycles. The summed E-state index contributed by atoms with van der Waals surface area (Å²) in [6.07, 6.45) is 10.9. The largest absolute Gasteiger partial charge is 0.207 e. The lowest BCUT2D eigenvalue weighted by molar-refractivity contribution is 0.181. The first kappa shape index (κ1) is 21.8. The van der Waals surface area contributed by atoms with Crippen LogP contribution in [0.1, 0.15) is 75.8 Å². The third kappa shape index (κ3) is 4.90. The Morgan fingerprint density at radius 3 is 2.40 bits per heavy atom. The third-order valence-electron chi connectivity index (χ3n) is 7.82. The van der Waals surface area contributed by atoms with Crippen molar-refractivity contribution in [1.29, 1.82) is 0 Å². The monoisotopic (exact) mass is 420 g/mol. The van der Waals surface area contributed by atoms with E-state index in [1.807, 2.05) is 6.07 Å². The molecule has 1 aliphatic carbocycles. The van der Waals surface area contributed by atoms with Crippen LogP contribution in [-0.4, -0.2) is 9.52 Å². The molecule has 0 nitrogen and oxygen atoms in total. The predicted octanol–water partition coefficient (Wildman–Crippen LogP) is 8.31. The molecule has 0 N–H and O–H groups in total. The van der Waals surface area contributed by atoms with Crippen LogP contribution in [0.5, 0.6) is 0 Å². The average molecular weight is 421 g/mol. The summed E-state index contributed by atoms with van der Waals surface area (Å²) in [5.74, 6) is 3.44. The summed E-state index contributed by atoms with van der Waals surface area (Å²) in [4.78, 5) is 0. The number of rotatable bonds is 6. The lowest BCUT2D eigenvalue weighted by Gasteiger charge is -2.41. The average Bonchev–Trinajstić information content (AvgIpc) is 2.80. The molecule has 2 fully saturated rings. The van der Waals surface area contributed by atoms with Gasteiger partial charge in [-0.15, -0.1) is 0 Å². The molecule has 30 heavy (non-hydrogen) atoms. The van der Waals surface area contributed by atoms with Crippen LogP contribution in [0.2, 0.25) is 12.1 Å². The Morgan fingerprint density at radius 1 is 0.933 bits per heavy atom. The van der Waals surface area contributed by atoms with Crippen molar-refractivity contribution in [3.8, 4) is 11.1 Å². The van der Waals surface area contributed by atoms with Gasteiger partial charge >= 0.3 is 0 Å². The van der Waals surface area contributed by atoms with Gasteiger partial charge in [0.25, 0.3) is 0 Å². The van der Waals surface area contributed by atoms with Gasteiger partial charge in [-0.1, -0.05) is 82.0 Å². The molecule has 2 aromatic rings. The van der Waals surface area contributed by atoms with Gasteiger partial charge in [0, 0.05) is 9.52 Å². The zero-order chi connectivity index (χ0) is 20.9. The Morgan fingerprint density at radius 2 is 1.70 bits per heavy atom. The molecule has 2 radical (unpaired) electrons. The summed E-state index contributed by atoms with van der Waals surface area (Å²) < 4.78 is 13.6. The van der Waals surface area contributed by atoms with Crippen molar-refractivity contribution in [2.24, 2.45) is 17.8 Å². The molecule has 2 atom stereocenters. The van der Waals surface area contributed by atoms with E-state index >= 15 is 0 Å². The molecule has 2 heteroatoms. The molecule has 0 unspecified atom stereocenters. The highest BCUT2D eigenvalue weighted by Gasteiger charge is 2.34. The van der Waals surface area contributed by atoms with Crippen molar-refractivity contribution in [1.82, 2.24) is 0 Å². The van der Waals surface area contributed by atoms with Crippen LogP contribution in [0.3, 0.4) is 0 Å². The van der Waals surface area contributed by atoms with Crippen molar-refractivity contribution >= 4 is 9.52 Å². The molecule has 0 bridgehead atoms. The second-order valence-corrected chi connectivity index (χ2v) is 11.0. The first-order chi connectivity index (χ1) is 14.7. The fourth-order valence-corrected chi connectivity index (χ4v) is 7.82. The van der Waals surface area contributed by atoms with E-state index in [0.717, 1.165) is 35.7 Å². The van der Waals surface area contributed by atoms with Crippen molar-refractivity contribution in [2.45, 2.75) is 83.2 Å². The summed E-state index contributed by atoms with van der Waals surface area (Å²) in [7, 11) is 1.17. The van der Waals surface area contributed by atoms with Crippen molar-refractivity contribution in [3.63, 3.8) is 0 Å². The first-order valence-electron chi connectivity index (χ1n) is 12.3. The quantitative estimate of drug-likeness (QED) is 0.412. The molecular formula is C28H37FSi. The number of aryl methyl sites for hydroxylation is 1. The van der Waals surface area contributed by atoms with Gasteiger partial charge in [-0.2, -0.15) is 0 Å². The zero-order valence-corrected chi connectivity index (χ0v) is 19.8. The molecule has 160 valence electrons. The van der Waals surface area contributed by atoms with Crippen molar-refractivity contribution in [2.75, 3.05) is 0 Å². The molecule has 1 aliphatic heterocycles. The summed E-state index contributed by atoms with van der Waals surface area (Å²) in [5.41, 5.74) is 5.05. The van der Waals surface area contributed by atoms with E-state index in [1.165, 1.54) is 77.7 Å². The number of hydrogen-bond donors (Lipinski definition) is 0. The minimum atomic E-state index is -0.133. The van der Waals surface area contributed by atoms with Gasteiger partial charge in [-0.05, 0) is 83.7 Å². The minimum Gasteiger partial charge on any atom is -0.207 e. The second-order valence-electron chi connectivity index (χ2n) is 9.61. The van der Waals surface area contributed by atoms with E-state index in [4.69, 9.17) is 0 Å². The predicted molar refractivity (Wildman–Crippen MR) is 128 cm³/mol. The van der Waals surface area contributed by atoms with Crippen LogP contribution < -0.4 is 0 Å². The lowest BCUT2D eigenvalue weighted by atomic mass is 9.69. The number of hydrogen-bond acceptors (Lipinski definition) is 0. The van der Waals surface area contributed by atoms with E-state index < -0.39 is 0 Å². The minimum absolute atomic E-state index is 0.133. The molecule has 0 aromatic heterocycles. The van der Waals surface area contributed by atoms with Gasteiger partial charge < -0.3 is 0 Å². The van der Waals surface area contributed by atoms with Gasteiger partial charge in [-0.3, -0.25) is 0 Å². The fraction of sp³-hybridized carbons (Fsp3) is 0.571. The third-order valence-corrected chi connectivity index (χ3v) is 9.22. The van der Waals surface area contributed by atoms with E-state index in [9.17, 15) is 4.39 Å². The second kappa shape index (κ2) is 10.3. The van der Waals surface area contributed by atoms with E-state index in [0.29, 0.717) is 0 Å². The van der Waals surface area contributed by atoms with E-state index in [1.54, 1.807) is 17.7 Å². The topological polar surface area (TPSA) is 0 Å². The smallest absolute Gasteiger partial charge is 0.123 e. The van der Waals surface area contributed by atoms with Crippen LogP contribution in [0, 0.1) is 23.6 Å². The van der Waals surface area contributed by atoms with Crippen LogP contribution in [-0.2, 0) is 6.42 Å². The maximum Gasteiger partial charge on any atom is 0.123 e. The molecule has 1 saturated carbocycles. The van der Waals surface area contributed by atoms with E-state index in [-0.39, 0.29) is 5.82 Å². The highest BCUT2D eigenvalue weighted by molar-refractivity contribution is 6.35. The Kier molecular flexibility index (Phi) is 7.46. The molecule has 4 rings (SSSR count). The fourth-order valence-electron chi connectivity index (χ4n) is 6.15. The van der Waals surface area contributed by atoms with Gasteiger partial charge in [0.1, 0.15) is 5.82 Å². The van der Waals surface area contributed by atoms with E-state index in [2.05, 4.69) is 38.1 Å². The Balaban J connectivity index is 1.50. The molecule has 1 heterocycles. The number of benzene rings is 2. The van der Waals surface area contributed by atoms with Gasteiger partial charge in [0.05, 0.1) is 0 Å². The molecule has 0 spiro atoms. The molecular weight excluding hydrogens is 383 g/mol. The van der Waals surface area contributed by atoms with Crippen LogP contribution in [0.4, 0.5) is 4.39 Å². The van der Waals surface area contributed by atoms with Gasteiger partial charge in [-0.25, -0.2) is 4.39 Å². The summed E-state index contributed by atoms with van der Waals surface area (Å²) in [6.45, 7) is 4.44. The first-order valence-corrected chi connectivity index (χ1v) is 13.7. The number of halogens is 1. The SMILES string of the molecule is CCCC1CCC([C@@H]2C[Si]CC[C@H]2c2ccc(-c3ccc(F)cc3CC)cc2)CC1. The van der Waals surface area contributed by atoms with Crippen LogP contribution >= 0.6 is 0 Å². The van der Waals surface area contributed by atoms with Crippen LogP contribution in [0.15, 0.2) is 42.5 Å². The van der Waals surface area contributed by atoms with Gasteiger partial charge in [0.15, 0.2) is 0 Å². The highest BCUT2D eigenvalue weighted by Crippen LogP contribution is 2.46. The van der Waals surface area contributed by atoms with Crippen molar-refractivity contribution in [3.05, 3.63) is 59.4 Å².